The number of ether oxygens (including phenoxy) is 1. The molecule has 0 atom stereocenters. The van der Waals surface area contributed by atoms with Crippen LogP contribution in [0.25, 0.3) is 0 Å². The summed E-state index contributed by atoms with van der Waals surface area (Å²) in [4.78, 5) is 11.2. The lowest BCUT2D eigenvalue weighted by molar-refractivity contribution is 0.0694. The molecule has 2 aromatic carbocycles. The number of carbonyl (C=O) groups is 1. The van der Waals surface area contributed by atoms with Crippen molar-refractivity contribution in [1.29, 1.82) is 5.26 Å². The van der Waals surface area contributed by atoms with Gasteiger partial charge in [-0.15, -0.1) is 0 Å². The van der Waals surface area contributed by atoms with Crippen molar-refractivity contribution >= 4 is 11.7 Å². The Morgan fingerprint density at radius 1 is 1.25 bits per heavy atom. The number of carboxylic acid groups (broad SMARTS) is 1. The smallest absolute Gasteiger partial charge is 0.339 e. The number of nitrogens with zero attached hydrogens (tertiary/aromatic N) is 1. The minimum atomic E-state index is -1.12. The molecular weight excluding hydrogens is 256 g/mol. The van der Waals surface area contributed by atoms with Crippen LogP contribution in [0.1, 0.15) is 21.5 Å². The zero-order chi connectivity index (χ0) is 14.7. The summed E-state index contributed by atoms with van der Waals surface area (Å²) in [5.41, 5.74) is 7.14. The molecule has 0 fully saturated rings. The molecule has 5 nitrogen and oxygen atoms in total. The maximum absolute atomic E-state index is 11.2. The number of hydrogen-bond donors (Lipinski definition) is 2. The topological polar surface area (TPSA) is 96.3 Å². The van der Waals surface area contributed by atoms with Gasteiger partial charge in [-0.2, -0.15) is 5.26 Å². The summed E-state index contributed by atoms with van der Waals surface area (Å²) >= 11 is 0. The Bertz CT molecular complexity index is 718. The average Bonchev–Trinajstić information content (AvgIpc) is 2.42. The van der Waals surface area contributed by atoms with Crippen LogP contribution in [0.4, 0.5) is 5.69 Å². The molecule has 2 rings (SSSR count). The second kappa shape index (κ2) is 5.33. The van der Waals surface area contributed by atoms with Gasteiger partial charge in [-0.3, -0.25) is 0 Å². The number of anilines is 1. The van der Waals surface area contributed by atoms with Gasteiger partial charge in [0.1, 0.15) is 17.1 Å². The Morgan fingerprint density at radius 3 is 2.65 bits per heavy atom. The molecule has 3 N–H and O–H groups in total. The lowest BCUT2D eigenvalue weighted by Crippen LogP contribution is -2.02. The van der Waals surface area contributed by atoms with Crippen molar-refractivity contribution in [3.63, 3.8) is 0 Å². The molecule has 0 unspecified atom stereocenters. The molecule has 100 valence electrons. The molecule has 0 radical (unpaired) electrons. The summed E-state index contributed by atoms with van der Waals surface area (Å²) < 4.78 is 5.61. The number of hydrogen-bond acceptors (Lipinski definition) is 4. The highest BCUT2D eigenvalue weighted by Gasteiger charge is 2.13. The highest BCUT2D eigenvalue weighted by Crippen LogP contribution is 2.30. The Labute approximate surface area is 115 Å². The fourth-order valence-corrected chi connectivity index (χ4v) is 1.70. The number of nitrogens with two attached hydrogens (primary N) is 1. The Morgan fingerprint density at radius 2 is 2.00 bits per heavy atom. The van der Waals surface area contributed by atoms with E-state index >= 15 is 0 Å². The second-order valence-corrected chi connectivity index (χ2v) is 4.25. The molecule has 0 bridgehead atoms. The van der Waals surface area contributed by atoms with Crippen LogP contribution in [0.15, 0.2) is 36.4 Å². The third-order valence-electron chi connectivity index (χ3n) is 2.77. The van der Waals surface area contributed by atoms with Gasteiger partial charge in [0.05, 0.1) is 11.6 Å². The van der Waals surface area contributed by atoms with E-state index < -0.39 is 5.97 Å². The first-order chi connectivity index (χ1) is 9.51. The molecule has 2 aromatic rings. The largest absolute Gasteiger partial charge is 0.478 e. The van der Waals surface area contributed by atoms with E-state index in [4.69, 9.17) is 20.8 Å². The first-order valence-electron chi connectivity index (χ1n) is 5.82. The fraction of sp³-hybridized carbons (Fsp3) is 0.0667. The molecule has 0 heterocycles. The number of nitrogen functional groups attached to an aromatic ring is 1. The minimum absolute atomic E-state index is 0.0215. The third-order valence-corrected chi connectivity index (χ3v) is 2.77. The van der Waals surface area contributed by atoms with Gasteiger partial charge in [0.2, 0.25) is 0 Å². The highest BCUT2D eigenvalue weighted by atomic mass is 16.5. The van der Waals surface area contributed by atoms with E-state index in [0.29, 0.717) is 17.0 Å². The lowest BCUT2D eigenvalue weighted by Gasteiger charge is -2.11. The van der Waals surface area contributed by atoms with Crippen LogP contribution in [0.3, 0.4) is 0 Å². The van der Waals surface area contributed by atoms with Crippen LogP contribution in [-0.4, -0.2) is 11.1 Å². The zero-order valence-electron chi connectivity index (χ0n) is 10.8. The summed E-state index contributed by atoms with van der Waals surface area (Å²) in [6.45, 7) is 1.81. The lowest BCUT2D eigenvalue weighted by atomic mass is 10.1. The quantitative estimate of drug-likeness (QED) is 0.834. The molecule has 0 amide bonds. The van der Waals surface area contributed by atoms with Crippen LogP contribution >= 0.6 is 0 Å². The summed E-state index contributed by atoms with van der Waals surface area (Å²) in [6, 6.07) is 11.4. The molecule has 20 heavy (non-hydrogen) atoms. The molecule has 0 aliphatic heterocycles. The maximum Gasteiger partial charge on any atom is 0.339 e. The van der Waals surface area contributed by atoms with Crippen LogP contribution in [0, 0.1) is 18.3 Å². The van der Waals surface area contributed by atoms with E-state index in [2.05, 4.69) is 0 Å². The standard InChI is InChI=1S/C15H12N2O3/c1-9-2-3-10(8-16)6-14(9)20-13-5-4-11(17)7-12(13)15(18)19/h2-7H,17H2,1H3,(H,18,19). The van der Waals surface area contributed by atoms with Crippen molar-refractivity contribution in [2.45, 2.75) is 6.92 Å². The number of carboxylic acids is 1. The van der Waals surface area contributed by atoms with E-state index in [-0.39, 0.29) is 11.3 Å². The molecule has 0 saturated heterocycles. The van der Waals surface area contributed by atoms with E-state index in [0.717, 1.165) is 5.56 Å². The van der Waals surface area contributed by atoms with Crippen molar-refractivity contribution < 1.29 is 14.6 Å². The maximum atomic E-state index is 11.2. The van der Waals surface area contributed by atoms with E-state index in [1.165, 1.54) is 12.1 Å². The van der Waals surface area contributed by atoms with Crippen molar-refractivity contribution in [1.82, 2.24) is 0 Å². The first kappa shape index (κ1) is 13.4. The molecule has 0 aliphatic rings. The van der Waals surface area contributed by atoms with Gasteiger partial charge in [-0.25, -0.2) is 4.79 Å². The average molecular weight is 268 g/mol. The van der Waals surface area contributed by atoms with Gasteiger partial charge in [0.25, 0.3) is 0 Å². The Hall–Kier alpha value is -3.00. The summed E-state index contributed by atoms with van der Waals surface area (Å²) in [5, 5.41) is 18.0. The van der Waals surface area contributed by atoms with Gasteiger partial charge in [0, 0.05) is 5.69 Å². The van der Waals surface area contributed by atoms with Gasteiger partial charge in [0.15, 0.2) is 0 Å². The molecule has 0 spiro atoms. The van der Waals surface area contributed by atoms with Crippen LogP contribution < -0.4 is 10.5 Å². The summed E-state index contributed by atoms with van der Waals surface area (Å²) in [5.74, 6) is -0.498. The third kappa shape index (κ3) is 2.70. The predicted octanol–water partition coefficient (Wildman–Crippen LogP) is 2.94. The number of nitriles is 1. The van der Waals surface area contributed by atoms with Crippen LogP contribution in [-0.2, 0) is 0 Å². The van der Waals surface area contributed by atoms with Gasteiger partial charge < -0.3 is 15.6 Å². The van der Waals surface area contributed by atoms with E-state index in [1.54, 1.807) is 24.3 Å². The first-order valence-corrected chi connectivity index (χ1v) is 5.82. The minimum Gasteiger partial charge on any atom is -0.478 e. The van der Waals surface area contributed by atoms with Gasteiger partial charge in [-0.05, 0) is 42.8 Å². The number of aryl methyl sites for hydroxylation is 1. The van der Waals surface area contributed by atoms with Crippen LogP contribution in [0.2, 0.25) is 0 Å². The Kier molecular flexibility index (Phi) is 3.58. The van der Waals surface area contributed by atoms with Crippen molar-refractivity contribution in [3.8, 4) is 17.6 Å². The predicted molar refractivity (Wildman–Crippen MR) is 73.8 cm³/mol. The van der Waals surface area contributed by atoms with Crippen LogP contribution in [0.5, 0.6) is 11.5 Å². The molecule has 0 saturated carbocycles. The number of rotatable bonds is 3. The molecule has 5 heteroatoms. The van der Waals surface area contributed by atoms with E-state index in [1.807, 2.05) is 13.0 Å². The fourth-order valence-electron chi connectivity index (χ4n) is 1.70. The second-order valence-electron chi connectivity index (χ2n) is 4.25. The van der Waals surface area contributed by atoms with Gasteiger partial charge in [-0.1, -0.05) is 6.07 Å². The monoisotopic (exact) mass is 268 g/mol. The highest BCUT2D eigenvalue weighted by molar-refractivity contribution is 5.92. The number of benzene rings is 2. The van der Waals surface area contributed by atoms with Crippen molar-refractivity contribution in [2.75, 3.05) is 5.73 Å². The number of aromatic carboxylic acids is 1. The Balaban J connectivity index is 2.45. The summed E-state index contributed by atoms with van der Waals surface area (Å²) in [7, 11) is 0. The molecular formula is C15H12N2O3. The zero-order valence-corrected chi connectivity index (χ0v) is 10.8. The molecule has 0 aromatic heterocycles. The van der Waals surface area contributed by atoms with Crippen molar-refractivity contribution in [2.24, 2.45) is 0 Å². The van der Waals surface area contributed by atoms with Crippen molar-refractivity contribution in [3.05, 3.63) is 53.1 Å². The normalized spacial score (nSPS) is 9.80. The van der Waals surface area contributed by atoms with Gasteiger partial charge >= 0.3 is 5.97 Å². The molecule has 0 aliphatic carbocycles. The SMILES string of the molecule is Cc1ccc(C#N)cc1Oc1ccc(N)cc1C(=O)O. The summed E-state index contributed by atoms with van der Waals surface area (Å²) in [6.07, 6.45) is 0. The van der Waals surface area contributed by atoms with E-state index in [9.17, 15) is 4.79 Å².